The van der Waals surface area contributed by atoms with Crippen molar-refractivity contribution in [2.75, 3.05) is 13.2 Å². The molecular formula is C10H9BrO3. The maximum atomic E-state index is 10.7. The van der Waals surface area contributed by atoms with Crippen molar-refractivity contribution in [3.63, 3.8) is 0 Å². The Bertz CT molecular complexity index is 387. The minimum atomic E-state index is 0.530. The highest BCUT2D eigenvalue weighted by Crippen LogP contribution is 2.41. The molecule has 0 aliphatic carbocycles. The van der Waals surface area contributed by atoms with Crippen LogP contribution in [0.5, 0.6) is 11.5 Å². The number of carbonyl (C=O) groups is 1. The molecule has 0 aromatic heterocycles. The molecule has 0 unspecified atom stereocenters. The van der Waals surface area contributed by atoms with Crippen LogP contribution in [0.15, 0.2) is 10.5 Å². The molecule has 0 spiro atoms. The summed E-state index contributed by atoms with van der Waals surface area (Å²) in [4.78, 5) is 10.7. The van der Waals surface area contributed by atoms with E-state index < -0.39 is 0 Å². The highest BCUT2D eigenvalue weighted by molar-refractivity contribution is 9.10. The Morgan fingerprint density at radius 3 is 2.64 bits per heavy atom. The largest absolute Gasteiger partial charge is 0.486 e. The SMILES string of the molecule is Cc1c(C=O)cc(Br)c2c1OCCO2. The van der Waals surface area contributed by atoms with Gasteiger partial charge in [-0.05, 0) is 28.9 Å². The average Bonchev–Trinajstić information content (AvgIpc) is 2.23. The number of benzene rings is 1. The standard InChI is InChI=1S/C10H9BrO3/c1-6-7(5-12)4-8(11)10-9(6)13-2-3-14-10/h4-5H,2-3H2,1H3. The molecule has 0 amide bonds. The van der Waals surface area contributed by atoms with Crippen molar-refractivity contribution in [2.45, 2.75) is 6.92 Å². The predicted octanol–water partition coefficient (Wildman–Crippen LogP) is 2.34. The second-order valence-electron chi connectivity index (χ2n) is 3.05. The van der Waals surface area contributed by atoms with Crippen LogP contribution in [0.4, 0.5) is 0 Å². The average molecular weight is 257 g/mol. The Labute approximate surface area is 90.1 Å². The molecule has 0 atom stereocenters. The molecule has 0 radical (unpaired) electrons. The first-order valence-electron chi connectivity index (χ1n) is 4.28. The van der Waals surface area contributed by atoms with E-state index in [-0.39, 0.29) is 0 Å². The second kappa shape index (κ2) is 3.61. The van der Waals surface area contributed by atoms with Gasteiger partial charge in [-0.3, -0.25) is 4.79 Å². The quantitative estimate of drug-likeness (QED) is 0.724. The van der Waals surface area contributed by atoms with Crippen molar-refractivity contribution in [2.24, 2.45) is 0 Å². The monoisotopic (exact) mass is 256 g/mol. The van der Waals surface area contributed by atoms with Crippen LogP contribution in [0, 0.1) is 6.92 Å². The summed E-state index contributed by atoms with van der Waals surface area (Å²) >= 11 is 3.34. The van der Waals surface area contributed by atoms with Crippen LogP contribution in [0.2, 0.25) is 0 Å². The van der Waals surface area contributed by atoms with Crippen LogP contribution in [0.3, 0.4) is 0 Å². The summed E-state index contributed by atoms with van der Waals surface area (Å²) in [5.74, 6) is 1.37. The zero-order chi connectivity index (χ0) is 10.1. The Hall–Kier alpha value is -1.03. The van der Waals surface area contributed by atoms with Crippen LogP contribution in [-0.2, 0) is 0 Å². The lowest BCUT2D eigenvalue weighted by molar-refractivity contribution is 0.112. The van der Waals surface area contributed by atoms with Gasteiger partial charge in [-0.15, -0.1) is 0 Å². The lowest BCUT2D eigenvalue weighted by Crippen LogP contribution is -2.17. The zero-order valence-corrected chi connectivity index (χ0v) is 9.26. The third-order valence-corrected chi connectivity index (χ3v) is 2.77. The van der Waals surface area contributed by atoms with Crippen molar-refractivity contribution in [1.29, 1.82) is 0 Å². The number of carbonyl (C=O) groups excluding carboxylic acids is 1. The van der Waals surface area contributed by atoms with Gasteiger partial charge in [-0.25, -0.2) is 0 Å². The minimum Gasteiger partial charge on any atom is -0.486 e. The van der Waals surface area contributed by atoms with Crippen molar-refractivity contribution in [3.05, 3.63) is 21.7 Å². The van der Waals surface area contributed by atoms with E-state index in [2.05, 4.69) is 15.9 Å². The van der Waals surface area contributed by atoms with Crippen LogP contribution >= 0.6 is 15.9 Å². The summed E-state index contributed by atoms with van der Waals surface area (Å²) in [6.07, 6.45) is 0.818. The van der Waals surface area contributed by atoms with Crippen molar-refractivity contribution in [3.8, 4) is 11.5 Å². The number of aldehydes is 1. The first-order valence-corrected chi connectivity index (χ1v) is 5.07. The molecule has 1 aliphatic heterocycles. The number of rotatable bonds is 1. The molecule has 0 N–H and O–H groups in total. The van der Waals surface area contributed by atoms with Gasteiger partial charge in [0.1, 0.15) is 19.5 Å². The Kier molecular flexibility index (Phi) is 2.46. The number of halogens is 1. The molecule has 0 bridgehead atoms. The van der Waals surface area contributed by atoms with Crippen molar-refractivity contribution in [1.82, 2.24) is 0 Å². The molecule has 1 aliphatic rings. The lowest BCUT2D eigenvalue weighted by atomic mass is 10.1. The third-order valence-electron chi connectivity index (χ3n) is 2.18. The van der Waals surface area contributed by atoms with Crippen molar-refractivity contribution < 1.29 is 14.3 Å². The Morgan fingerprint density at radius 1 is 1.36 bits per heavy atom. The number of fused-ring (bicyclic) bond motifs is 1. The van der Waals surface area contributed by atoms with Gasteiger partial charge >= 0.3 is 0 Å². The molecule has 0 fully saturated rings. The van der Waals surface area contributed by atoms with E-state index in [1.807, 2.05) is 6.92 Å². The van der Waals surface area contributed by atoms with E-state index in [0.717, 1.165) is 16.3 Å². The second-order valence-corrected chi connectivity index (χ2v) is 3.90. The fourth-order valence-corrected chi connectivity index (χ4v) is 1.98. The molecule has 1 aromatic rings. The fourth-order valence-electron chi connectivity index (χ4n) is 1.44. The summed E-state index contributed by atoms with van der Waals surface area (Å²) in [7, 11) is 0. The molecule has 1 heterocycles. The van der Waals surface area contributed by atoms with E-state index in [1.165, 1.54) is 0 Å². The van der Waals surface area contributed by atoms with E-state index in [4.69, 9.17) is 9.47 Å². The van der Waals surface area contributed by atoms with Crippen LogP contribution in [-0.4, -0.2) is 19.5 Å². The minimum absolute atomic E-state index is 0.530. The first kappa shape index (κ1) is 9.52. The molecule has 2 rings (SSSR count). The van der Waals surface area contributed by atoms with E-state index in [1.54, 1.807) is 6.07 Å². The molecule has 74 valence electrons. The van der Waals surface area contributed by atoms with Crippen LogP contribution in [0.1, 0.15) is 15.9 Å². The van der Waals surface area contributed by atoms with Crippen LogP contribution in [0.25, 0.3) is 0 Å². The van der Waals surface area contributed by atoms with Gasteiger partial charge in [0.05, 0.1) is 4.47 Å². The number of ether oxygens (including phenoxy) is 2. The summed E-state index contributed by atoms with van der Waals surface area (Å²) in [5.41, 5.74) is 1.46. The summed E-state index contributed by atoms with van der Waals surface area (Å²) < 4.78 is 11.7. The first-order chi connectivity index (χ1) is 6.74. The number of hydrogen-bond donors (Lipinski definition) is 0. The summed E-state index contributed by atoms with van der Waals surface area (Å²) in [6.45, 7) is 2.93. The zero-order valence-electron chi connectivity index (χ0n) is 7.67. The van der Waals surface area contributed by atoms with E-state index in [0.29, 0.717) is 30.3 Å². The smallest absolute Gasteiger partial charge is 0.175 e. The molecule has 3 nitrogen and oxygen atoms in total. The van der Waals surface area contributed by atoms with Gasteiger partial charge in [0, 0.05) is 11.1 Å². The van der Waals surface area contributed by atoms with Crippen LogP contribution < -0.4 is 9.47 Å². The number of hydrogen-bond acceptors (Lipinski definition) is 3. The molecule has 1 aromatic carbocycles. The van der Waals surface area contributed by atoms with Gasteiger partial charge < -0.3 is 9.47 Å². The topological polar surface area (TPSA) is 35.5 Å². The fraction of sp³-hybridized carbons (Fsp3) is 0.300. The van der Waals surface area contributed by atoms with Crippen molar-refractivity contribution >= 4 is 22.2 Å². The lowest BCUT2D eigenvalue weighted by Gasteiger charge is -2.22. The maximum Gasteiger partial charge on any atom is 0.175 e. The molecular weight excluding hydrogens is 248 g/mol. The third kappa shape index (κ3) is 1.39. The highest BCUT2D eigenvalue weighted by Gasteiger charge is 2.19. The normalized spacial score (nSPS) is 13.9. The van der Waals surface area contributed by atoms with Gasteiger partial charge in [0.15, 0.2) is 11.5 Å². The molecule has 4 heteroatoms. The molecule has 0 saturated carbocycles. The van der Waals surface area contributed by atoms with E-state index >= 15 is 0 Å². The summed E-state index contributed by atoms with van der Waals surface area (Å²) in [6, 6.07) is 1.75. The van der Waals surface area contributed by atoms with Gasteiger partial charge in [0.2, 0.25) is 0 Å². The maximum absolute atomic E-state index is 10.7. The Morgan fingerprint density at radius 2 is 2.00 bits per heavy atom. The Balaban J connectivity index is 2.64. The molecule has 14 heavy (non-hydrogen) atoms. The van der Waals surface area contributed by atoms with Gasteiger partial charge in [-0.2, -0.15) is 0 Å². The van der Waals surface area contributed by atoms with Gasteiger partial charge in [0.25, 0.3) is 0 Å². The molecule has 0 saturated heterocycles. The highest BCUT2D eigenvalue weighted by atomic mass is 79.9. The summed E-state index contributed by atoms with van der Waals surface area (Å²) in [5, 5.41) is 0. The van der Waals surface area contributed by atoms with Gasteiger partial charge in [-0.1, -0.05) is 0 Å². The predicted molar refractivity (Wildman–Crippen MR) is 55.3 cm³/mol. The van der Waals surface area contributed by atoms with E-state index in [9.17, 15) is 4.79 Å².